The minimum Gasteiger partial charge on any atom is -0.466 e. The van der Waals surface area contributed by atoms with Gasteiger partial charge in [-0.2, -0.15) is 0 Å². The second-order valence-electron chi connectivity index (χ2n) is 9.88. The molecular formula is C28H35N2O2+. The van der Waals surface area contributed by atoms with E-state index in [1.165, 1.54) is 44.1 Å². The summed E-state index contributed by atoms with van der Waals surface area (Å²) in [5.74, 6) is -0.0849. The van der Waals surface area contributed by atoms with Crippen LogP contribution in [0.1, 0.15) is 68.4 Å². The standard InChI is InChI=1S/C28H35N2O2/c1-5-29-12-9-19-14-21-16-22-15-20-10-13-30(11-7-8-27(31)32-6-2)26(20)18-24(22)28(3,4)23(21)17-25(19)29/h14-18H,5-13H2,1-4H3/q+1. The van der Waals surface area contributed by atoms with Gasteiger partial charge in [-0.1, -0.05) is 13.8 Å². The van der Waals surface area contributed by atoms with Gasteiger partial charge in [-0.3, -0.25) is 4.79 Å². The van der Waals surface area contributed by atoms with Crippen molar-refractivity contribution in [1.82, 2.24) is 4.58 Å². The summed E-state index contributed by atoms with van der Waals surface area (Å²) >= 11 is 0. The smallest absolute Gasteiger partial charge is 0.306 e. The van der Waals surface area contributed by atoms with Crippen LogP contribution in [0.3, 0.4) is 0 Å². The fourth-order valence-electron chi connectivity index (χ4n) is 5.89. The van der Waals surface area contributed by atoms with Crippen LogP contribution in [0, 0.1) is 0 Å². The molecule has 2 aromatic rings. The Balaban J connectivity index is 1.53. The molecule has 0 N–H and O–H groups in total. The molecular weight excluding hydrogens is 396 g/mol. The van der Waals surface area contributed by atoms with E-state index in [0.717, 1.165) is 45.4 Å². The number of nitrogens with zero attached hydrogens (tertiary/aromatic N) is 2. The van der Waals surface area contributed by atoms with E-state index < -0.39 is 0 Å². The average molecular weight is 432 g/mol. The molecule has 0 spiro atoms. The number of carbonyl (C=O) groups is 1. The van der Waals surface area contributed by atoms with Crippen LogP contribution in [0.5, 0.6) is 0 Å². The molecule has 0 radical (unpaired) electrons. The van der Waals surface area contributed by atoms with Crippen LogP contribution in [0.25, 0.3) is 6.08 Å². The zero-order chi connectivity index (χ0) is 22.5. The molecule has 0 bridgehead atoms. The Bertz CT molecular complexity index is 1210. The third-order valence-corrected chi connectivity index (χ3v) is 7.64. The van der Waals surface area contributed by atoms with Crippen molar-refractivity contribution >= 4 is 17.7 Å². The van der Waals surface area contributed by atoms with E-state index >= 15 is 0 Å². The lowest BCUT2D eigenvalue weighted by Crippen LogP contribution is -2.36. The zero-order valence-electron chi connectivity index (χ0n) is 20.0. The van der Waals surface area contributed by atoms with Crippen molar-refractivity contribution < 1.29 is 9.53 Å². The minimum absolute atomic E-state index is 0.0370. The molecule has 0 atom stereocenters. The van der Waals surface area contributed by atoms with Gasteiger partial charge in [0.05, 0.1) is 13.0 Å². The maximum Gasteiger partial charge on any atom is 0.306 e. The van der Waals surface area contributed by atoms with Crippen molar-refractivity contribution in [3.8, 4) is 0 Å². The normalized spacial score (nSPS) is 17.4. The number of carbonyl (C=O) groups excluding carboxylic acids is 1. The first-order valence-corrected chi connectivity index (χ1v) is 12.3. The van der Waals surface area contributed by atoms with Crippen molar-refractivity contribution in [2.45, 2.75) is 58.8 Å². The lowest BCUT2D eigenvalue weighted by atomic mass is 9.71. The third kappa shape index (κ3) is 3.44. The molecule has 0 fully saturated rings. The number of rotatable bonds is 6. The van der Waals surface area contributed by atoms with Gasteiger partial charge in [0.25, 0.3) is 0 Å². The molecule has 0 saturated carbocycles. The first-order chi connectivity index (χ1) is 15.4. The molecule has 32 heavy (non-hydrogen) atoms. The average Bonchev–Trinajstić information content (AvgIpc) is 3.35. The Labute approximate surface area is 191 Å². The highest BCUT2D eigenvalue weighted by Crippen LogP contribution is 2.40. The second-order valence-corrected chi connectivity index (χ2v) is 9.88. The van der Waals surface area contributed by atoms with Crippen molar-refractivity contribution in [2.75, 3.05) is 37.7 Å². The van der Waals surface area contributed by atoms with Gasteiger partial charge in [-0.15, -0.1) is 0 Å². The number of ether oxygens (including phenoxy) is 1. The van der Waals surface area contributed by atoms with Crippen LogP contribution < -0.4 is 20.1 Å². The number of hydrogen-bond acceptors (Lipinski definition) is 3. The van der Waals surface area contributed by atoms with Gasteiger partial charge in [0.2, 0.25) is 5.36 Å². The summed E-state index contributed by atoms with van der Waals surface area (Å²) < 4.78 is 7.55. The molecule has 4 nitrogen and oxygen atoms in total. The van der Waals surface area contributed by atoms with E-state index in [4.69, 9.17) is 4.74 Å². The predicted octanol–water partition coefficient (Wildman–Crippen LogP) is 2.93. The van der Waals surface area contributed by atoms with E-state index in [1.54, 1.807) is 0 Å². The number of hydrogen-bond donors (Lipinski definition) is 0. The summed E-state index contributed by atoms with van der Waals surface area (Å²) in [6, 6.07) is 9.77. The highest BCUT2D eigenvalue weighted by atomic mass is 16.5. The molecule has 5 rings (SSSR count). The Morgan fingerprint density at radius 3 is 2.72 bits per heavy atom. The molecule has 1 aliphatic carbocycles. The Kier molecular flexibility index (Phi) is 5.35. The van der Waals surface area contributed by atoms with E-state index in [1.807, 2.05) is 6.92 Å². The monoisotopic (exact) mass is 431 g/mol. The number of esters is 1. The lowest BCUT2D eigenvalue weighted by Gasteiger charge is -2.33. The molecule has 2 heterocycles. The highest BCUT2D eigenvalue weighted by Gasteiger charge is 2.34. The Hall–Kier alpha value is -2.62. The van der Waals surface area contributed by atoms with Gasteiger partial charge in [-0.05, 0) is 72.0 Å². The van der Waals surface area contributed by atoms with Gasteiger partial charge < -0.3 is 9.64 Å². The molecule has 2 aliphatic heterocycles. The highest BCUT2D eigenvalue weighted by molar-refractivity contribution is 5.72. The van der Waals surface area contributed by atoms with Crippen LogP contribution in [0.4, 0.5) is 5.69 Å². The van der Waals surface area contributed by atoms with Crippen LogP contribution in [0.15, 0.2) is 24.3 Å². The fraction of sp³-hybridized carbons (Fsp3) is 0.500. The summed E-state index contributed by atoms with van der Waals surface area (Å²) in [6.07, 6.45) is 5.98. The number of anilines is 1. The van der Waals surface area contributed by atoms with Gasteiger partial charge >= 0.3 is 5.97 Å². The second kappa shape index (κ2) is 8.06. The molecule has 0 unspecified atom stereocenters. The first-order valence-electron chi connectivity index (χ1n) is 12.3. The van der Waals surface area contributed by atoms with E-state index in [9.17, 15) is 4.79 Å². The molecule has 168 valence electrons. The van der Waals surface area contributed by atoms with Gasteiger partial charge in [0, 0.05) is 48.7 Å². The summed E-state index contributed by atoms with van der Waals surface area (Å²) in [6.45, 7) is 13.5. The zero-order valence-corrected chi connectivity index (χ0v) is 20.0. The van der Waals surface area contributed by atoms with Crippen LogP contribution in [-0.4, -0.2) is 38.8 Å². The maximum absolute atomic E-state index is 11.7. The largest absolute Gasteiger partial charge is 0.466 e. The van der Waals surface area contributed by atoms with E-state index in [0.29, 0.717) is 13.0 Å². The van der Waals surface area contributed by atoms with Crippen molar-refractivity contribution in [1.29, 1.82) is 0 Å². The van der Waals surface area contributed by atoms with E-state index in [2.05, 4.69) is 60.6 Å². The first kappa shape index (κ1) is 21.2. The summed E-state index contributed by atoms with van der Waals surface area (Å²) in [7, 11) is 0. The summed E-state index contributed by atoms with van der Waals surface area (Å²) in [5, 5.41) is 2.73. The summed E-state index contributed by atoms with van der Waals surface area (Å²) in [5.41, 5.74) is 8.58. The van der Waals surface area contributed by atoms with Gasteiger partial charge in [0.1, 0.15) is 13.1 Å². The van der Waals surface area contributed by atoms with Crippen molar-refractivity contribution in [2.24, 2.45) is 0 Å². The number of fused-ring (bicyclic) bond motifs is 4. The fourth-order valence-corrected chi connectivity index (χ4v) is 5.89. The topological polar surface area (TPSA) is 32.6 Å². The summed E-state index contributed by atoms with van der Waals surface area (Å²) in [4.78, 5) is 14.2. The Morgan fingerprint density at radius 2 is 1.94 bits per heavy atom. The lowest BCUT2D eigenvalue weighted by molar-refractivity contribution is -0.143. The van der Waals surface area contributed by atoms with Gasteiger partial charge in [-0.25, -0.2) is 4.58 Å². The molecule has 4 heteroatoms. The quantitative estimate of drug-likeness (QED) is 0.521. The minimum atomic E-state index is -0.0849. The molecule has 0 aromatic heterocycles. The predicted molar refractivity (Wildman–Crippen MR) is 130 cm³/mol. The SMILES string of the molecule is CCOC(=O)CCC[N+]1=c2cc3c(cc2CC1)=Cc1cc2c(cc1C3(C)C)N(CC)CC2. The van der Waals surface area contributed by atoms with Crippen molar-refractivity contribution in [3.05, 3.63) is 62.7 Å². The van der Waals surface area contributed by atoms with Crippen LogP contribution in [-0.2, 0) is 27.8 Å². The molecule has 0 amide bonds. The number of benzene rings is 2. The van der Waals surface area contributed by atoms with Crippen LogP contribution in [0.2, 0.25) is 0 Å². The van der Waals surface area contributed by atoms with Gasteiger partial charge in [0.15, 0.2) is 0 Å². The third-order valence-electron chi connectivity index (χ3n) is 7.64. The molecule has 3 aliphatic rings. The number of likely N-dealkylation sites (N-methyl/N-ethyl adjacent to an activating group) is 1. The van der Waals surface area contributed by atoms with Crippen molar-refractivity contribution in [3.63, 3.8) is 0 Å². The molecule has 0 saturated heterocycles. The maximum atomic E-state index is 11.7. The van der Waals surface area contributed by atoms with Crippen LogP contribution >= 0.6 is 0 Å². The Morgan fingerprint density at radius 1 is 1.09 bits per heavy atom. The van der Waals surface area contributed by atoms with E-state index in [-0.39, 0.29) is 11.4 Å². The molecule has 2 aromatic carbocycles.